The van der Waals surface area contributed by atoms with Crippen LogP contribution in [-0.2, 0) is 0 Å². The third kappa shape index (κ3) is 4.96. The third-order valence-corrected chi connectivity index (χ3v) is 3.99. The molecule has 2 nitrogen and oxygen atoms in total. The molecule has 1 aromatic carbocycles. The molecule has 0 aromatic heterocycles. The first-order chi connectivity index (χ1) is 9.25. The summed E-state index contributed by atoms with van der Waals surface area (Å²) in [5.74, 6) is 0.199. The molecule has 0 unspecified atom stereocenters. The largest absolute Gasteiger partial charge is 0.303 e. The second-order valence-corrected chi connectivity index (χ2v) is 5.73. The monoisotopic (exact) mass is 279 g/mol. The van der Waals surface area contributed by atoms with Crippen LogP contribution in [0.5, 0.6) is 0 Å². The molecule has 19 heavy (non-hydrogen) atoms. The number of ketones is 1. The maximum absolute atomic E-state index is 12.1. The van der Waals surface area contributed by atoms with E-state index in [1.54, 1.807) is 12.1 Å². The molecule has 0 amide bonds. The van der Waals surface area contributed by atoms with Crippen molar-refractivity contribution in [1.29, 1.82) is 0 Å². The Morgan fingerprint density at radius 1 is 1.11 bits per heavy atom. The fourth-order valence-corrected chi connectivity index (χ4v) is 2.79. The van der Waals surface area contributed by atoms with Gasteiger partial charge < -0.3 is 4.90 Å². The molecular formula is C16H22ClNO. The first-order valence-corrected chi connectivity index (χ1v) is 7.64. The van der Waals surface area contributed by atoms with E-state index in [4.69, 9.17) is 11.6 Å². The first-order valence-electron chi connectivity index (χ1n) is 7.27. The minimum atomic E-state index is 0.199. The van der Waals surface area contributed by atoms with Gasteiger partial charge in [-0.2, -0.15) is 0 Å². The number of carbonyl (C=O) groups is 1. The second-order valence-electron chi connectivity index (χ2n) is 5.29. The molecule has 0 atom stereocenters. The summed E-state index contributed by atoms with van der Waals surface area (Å²) in [4.78, 5) is 14.5. The molecule has 104 valence electrons. The predicted octanol–water partition coefficient (Wildman–Crippen LogP) is 4.18. The molecular weight excluding hydrogens is 258 g/mol. The zero-order valence-corrected chi connectivity index (χ0v) is 12.2. The third-order valence-electron chi connectivity index (χ3n) is 3.75. The van der Waals surface area contributed by atoms with Crippen molar-refractivity contribution in [3.63, 3.8) is 0 Å². The van der Waals surface area contributed by atoms with Gasteiger partial charge in [0, 0.05) is 23.6 Å². The summed E-state index contributed by atoms with van der Waals surface area (Å²) >= 11 is 5.91. The van der Waals surface area contributed by atoms with E-state index in [1.165, 1.54) is 32.1 Å². The fraction of sp³-hybridized carbons (Fsp3) is 0.562. The van der Waals surface area contributed by atoms with Crippen LogP contribution in [-0.4, -0.2) is 30.3 Å². The highest BCUT2D eigenvalue weighted by Gasteiger charge is 2.11. The summed E-state index contributed by atoms with van der Waals surface area (Å²) < 4.78 is 0. The molecule has 1 aliphatic heterocycles. The van der Waals surface area contributed by atoms with Crippen molar-refractivity contribution in [2.75, 3.05) is 19.6 Å². The summed E-state index contributed by atoms with van der Waals surface area (Å²) in [7, 11) is 0. The van der Waals surface area contributed by atoms with E-state index >= 15 is 0 Å². The van der Waals surface area contributed by atoms with Gasteiger partial charge in [-0.05, 0) is 38.1 Å². The Kier molecular flexibility index (Phi) is 5.87. The zero-order chi connectivity index (χ0) is 13.5. The molecule has 3 heteroatoms. The highest BCUT2D eigenvalue weighted by atomic mass is 35.5. The van der Waals surface area contributed by atoms with Crippen LogP contribution in [0.25, 0.3) is 0 Å². The molecule has 2 rings (SSSR count). The standard InChI is InChI=1S/C16H22ClNO/c17-15-8-6-7-14(13-15)16(19)9-12-18-10-4-2-1-3-5-11-18/h6-8,13H,1-5,9-12H2. The molecule has 0 radical (unpaired) electrons. The Morgan fingerprint density at radius 2 is 1.79 bits per heavy atom. The van der Waals surface area contributed by atoms with Crippen molar-refractivity contribution in [2.24, 2.45) is 0 Å². The van der Waals surface area contributed by atoms with E-state index in [1.807, 2.05) is 12.1 Å². The fourth-order valence-electron chi connectivity index (χ4n) is 2.60. The predicted molar refractivity (Wildman–Crippen MR) is 79.9 cm³/mol. The average molecular weight is 280 g/mol. The van der Waals surface area contributed by atoms with Gasteiger partial charge >= 0.3 is 0 Å². The summed E-state index contributed by atoms with van der Waals surface area (Å²) in [6, 6.07) is 7.25. The number of halogens is 1. The molecule has 1 saturated heterocycles. The molecule has 0 aliphatic carbocycles. The Bertz CT molecular complexity index is 411. The minimum Gasteiger partial charge on any atom is -0.303 e. The Morgan fingerprint density at radius 3 is 2.47 bits per heavy atom. The van der Waals surface area contributed by atoms with Crippen LogP contribution in [0.2, 0.25) is 5.02 Å². The highest BCUT2D eigenvalue weighted by Crippen LogP contribution is 2.14. The van der Waals surface area contributed by atoms with Gasteiger partial charge in [-0.25, -0.2) is 0 Å². The lowest BCUT2D eigenvalue weighted by Gasteiger charge is -2.24. The minimum absolute atomic E-state index is 0.199. The summed E-state index contributed by atoms with van der Waals surface area (Å²) in [6.07, 6.45) is 7.17. The molecule has 1 aliphatic rings. The van der Waals surface area contributed by atoms with Crippen LogP contribution in [0.3, 0.4) is 0 Å². The number of carbonyl (C=O) groups excluding carboxylic acids is 1. The maximum atomic E-state index is 12.1. The van der Waals surface area contributed by atoms with Crippen LogP contribution in [0.15, 0.2) is 24.3 Å². The highest BCUT2D eigenvalue weighted by molar-refractivity contribution is 6.31. The zero-order valence-electron chi connectivity index (χ0n) is 11.4. The van der Waals surface area contributed by atoms with Gasteiger partial charge in [0.15, 0.2) is 5.78 Å². The molecule has 1 fully saturated rings. The number of benzene rings is 1. The average Bonchev–Trinajstić information content (AvgIpc) is 2.37. The molecule has 0 bridgehead atoms. The second kappa shape index (κ2) is 7.66. The quantitative estimate of drug-likeness (QED) is 0.771. The summed E-state index contributed by atoms with van der Waals surface area (Å²) in [5.41, 5.74) is 0.736. The van der Waals surface area contributed by atoms with E-state index in [0.717, 1.165) is 25.2 Å². The number of hydrogen-bond donors (Lipinski definition) is 0. The first kappa shape index (κ1) is 14.5. The smallest absolute Gasteiger partial charge is 0.164 e. The van der Waals surface area contributed by atoms with Gasteiger partial charge in [-0.15, -0.1) is 0 Å². The number of hydrogen-bond acceptors (Lipinski definition) is 2. The molecule has 0 saturated carbocycles. The van der Waals surface area contributed by atoms with E-state index in [2.05, 4.69) is 4.90 Å². The maximum Gasteiger partial charge on any atom is 0.164 e. The van der Waals surface area contributed by atoms with Gasteiger partial charge in [0.1, 0.15) is 0 Å². The van der Waals surface area contributed by atoms with Crippen LogP contribution in [0.4, 0.5) is 0 Å². The van der Waals surface area contributed by atoms with Crippen molar-refractivity contribution in [1.82, 2.24) is 4.90 Å². The number of likely N-dealkylation sites (tertiary alicyclic amines) is 1. The SMILES string of the molecule is O=C(CCN1CCCCCCC1)c1cccc(Cl)c1. The lowest BCUT2D eigenvalue weighted by Crippen LogP contribution is -2.29. The molecule has 0 spiro atoms. The van der Waals surface area contributed by atoms with Crippen LogP contribution < -0.4 is 0 Å². The van der Waals surface area contributed by atoms with Crippen LogP contribution in [0.1, 0.15) is 48.9 Å². The number of Topliss-reactive ketones (excluding diaryl/α,β-unsaturated/α-hetero) is 1. The van der Waals surface area contributed by atoms with Crippen LogP contribution >= 0.6 is 11.6 Å². The van der Waals surface area contributed by atoms with Crippen molar-refractivity contribution in [3.8, 4) is 0 Å². The van der Waals surface area contributed by atoms with Crippen molar-refractivity contribution >= 4 is 17.4 Å². The lowest BCUT2D eigenvalue weighted by atomic mass is 10.1. The van der Waals surface area contributed by atoms with E-state index in [-0.39, 0.29) is 5.78 Å². The molecule has 0 N–H and O–H groups in total. The van der Waals surface area contributed by atoms with Gasteiger partial charge in [-0.3, -0.25) is 4.79 Å². The van der Waals surface area contributed by atoms with E-state index in [9.17, 15) is 4.79 Å². The molecule has 1 aromatic rings. The van der Waals surface area contributed by atoms with Crippen molar-refractivity contribution in [3.05, 3.63) is 34.9 Å². The van der Waals surface area contributed by atoms with E-state index < -0.39 is 0 Å². The topological polar surface area (TPSA) is 20.3 Å². The number of nitrogens with zero attached hydrogens (tertiary/aromatic N) is 1. The summed E-state index contributed by atoms with van der Waals surface area (Å²) in [5, 5.41) is 0.636. The Labute approximate surface area is 120 Å². The Balaban J connectivity index is 1.82. The van der Waals surface area contributed by atoms with Gasteiger partial charge in [0.05, 0.1) is 0 Å². The normalized spacial score (nSPS) is 17.7. The Hall–Kier alpha value is -0.860. The summed E-state index contributed by atoms with van der Waals surface area (Å²) in [6.45, 7) is 3.16. The molecule has 1 heterocycles. The van der Waals surface area contributed by atoms with Gasteiger partial charge in [0.25, 0.3) is 0 Å². The van der Waals surface area contributed by atoms with Crippen molar-refractivity contribution < 1.29 is 4.79 Å². The van der Waals surface area contributed by atoms with Crippen LogP contribution in [0, 0.1) is 0 Å². The number of rotatable bonds is 4. The van der Waals surface area contributed by atoms with Crippen molar-refractivity contribution in [2.45, 2.75) is 38.5 Å². The lowest BCUT2D eigenvalue weighted by molar-refractivity contribution is 0.0962. The van der Waals surface area contributed by atoms with E-state index in [0.29, 0.717) is 11.4 Å². The van der Waals surface area contributed by atoms with Gasteiger partial charge in [-0.1, -0.05) is 43.0 Å². The van der Waals surface area contributed by atoms with Gasteiger partial charge in [0.2, 0.25) is 0 Å².